The highest BCUT2D eigenvalue weighted by atomic mass is 35.5. The predicted octanol–water partition coefficient (Wildman–Crippen LogP) is 3.63. The molecule has 1 aromatic rings. The summed E-state index contributed by atoms with van der Waals surface area (Å²) in [6.45, 7) is 5.26. The molecule has 1 fully saturated rings. The second kappa shape index (κ2) is 7.79. The first-order valence-corrected chi connectivity index (χ1v) is 8.32. The Morgan fingerprint density at radius 2 is 1.87 bits per heavy atom. The second-order valence-corrected chi connectivity index (χ2v) is 6.16. The maximum absolute atomic E-state index is 12.4. The summed E-state index contributed by atoms with van der Waals surface area (Å²) in [5.41, 5.74) is -0.0178. The standard InChI is InChI=1S/C17H22ClNO4/c1-3-15(20)13-9-12(18)10-14(16(13)21)17(22)23-11(2)19-7-5-4-6-8-19/h9-11,21H,3-8H2,1-2H3. The van der Waals surface area contributed by atoms with Gasteiger partial charge in [0.05, 0.1) is 5.56 Å². The number of phenolic OH excluding ortho intramolecular Hbond substituents is 1. The minimum absolute atomic E-state index is 0.0533. The van der Waals surface area contributed by atoms with E-state index in [4.69, 9.17) is 16.3 Å². The summed E-state index contributed by atoms with van der Waals surface area (Å²) in [5, 5.41) is 10.4. The predicted molar refractivity (Wildman–Crippen MR) is 88.0 cm³/mol. The quantitative estimate of drug-likeness (QED) is 0.655. The van der Waals surface area contributed by atoms with Crippen LogP contribution in [0.5, 0.6) is 5.75 Å². The Labute approximate surface area is 141 Å². The number of aromatic hydroxyl groups is 1. The Balaban J connectivity index is 2.18. The smallest absolute Gasteiger partial charge is 0.343 e. The van der Waals surface area contributed by atoms with E-state index in [2.05, 4.69) is 4.90 Å². The van der Waals surface area contributed by atoms with Crippen molar-refractivity contribution in [3.63, 3.8) is 0 Å². The second-order valence-electron chi connectivity index (χ2n) is 5.73. The fourth-order valence-corrected chi connectivity index (χ4v) is 2.95. The van der Waals surface area contributed by atoms with Crippen LogP contribution in [0, 0.1) is 0 Å². The number of piperidine rings is 1. The third kappa shape index (κ3) is 4.24. The molecule has 1 aliphatic heterocycles. The van der Waals surface area contributed by atoms with Crippen LogP contribution in [0.15, 0.2) is 12.1 Å². The molecule has 1 unspecified atom stereocenters. The molecule has 1 atom stereocenters. The molecule has 0 aromatic heterocycles. The van der Waals surface area contributed by atoms with Crippen LogP contribution in [0.3, 0.4) is 0 Å². The number of esters is 1. The van der Waals surface area contributed by atoms with Crippen molar-refractivity contribution in [2.75, 3.05) is 13.1 Å². The number of likely N-dealkylation sites (tertiary alicyclic amines) is 1. The van der Waals surface area contributed by atoms with E-state index in [1.165, 1.54) is 18.6 Å². The van der Waals surface area contributed by atoms with Gasteiger partial charge in [-0.2, -0.15) is 0 Å². The molecule has 6 heteroatoms. The molecule has 0 bridgehead atoms. The number of carbonyl (C=O) groups excluding carboxylic acids is 2. The van der Waals surface area contributed by atoms with Gasteiger partial charge in [-0.3, -0.25) is 9.69 Å². The van der Waals surface area contributed by atoms with Crippen molar-refractivity contribution in [2.45, 2.75) is 45.8 Å². The lowest BCUT2D eigenvalue weighted by Crippen LogP contribution is -2.40. The number of rotatable bonds is 5. The summed E-state index contributed by atoms with van der Waals surface area (Å²) < 4.78 is 5.44. The summed E-state index contributed by atoms with van der Waals surface area (Å²) >= 11 is 5.97. The van der Waals surface area contributed by atoms with Crippen molar-refractivity contribution in [1.82, 2.24) is 4.90 Å². The van der Waals surface area contributed by atoms with E-state index in [0.717, 1.165) is 25.9 Å². The number of nitrogens with zero attached hydrogens (tertiary/aromatic N) is 1. The zero-order valence-corrected chi connectivity index (χ0v) is 14.2. The largest absolute Gasteiger partial charge is 0.506 e. The van der Waals surface area contributed by atoms with Gasteiger partial charge >= 0.3 is 5.97 Å². The van der Waals surface area contributed by atoms with Gasteiger partial charge in [0.25, 0.3) is 0 Å². The molecule has 1 saturated heterocycles. The number of ether oxygens (including phenoxy) is 1. The summed E-state index contributed by atoms with van der Waals surface area (Å²) in [4.78, 5) is 26.3. The summed E-state index contributed by atoms with van der Waals surface area (Å²) in [6.07, 6.45) is 3.19. The normalized spacial score (nSPS) is 16.8. The lowest BCUT2D eigenvalue weighted by molar-refractivity contribution is -0.0300. The fraction of sp³-hybridized carbons (Fsp3) is 0.529. The van der Waals surface area contributed by atoms with Crippen LogP contribution in [0.2, 0.25) is 5.02 Å². The Hall–Kier alpha value is -1.59. The van der Waals surface area contributed by atoms with E-state index in [9.17, 15) is 14.7 Å². The molecule has 2 rings (SSSR count). The number of hydrogen-bond donors (Lipinski definition) is 1. The first-order valence-electron chi connectivity index (χ1n) is 7.94. The molecule has 1 aromatic carbocycles. The SMILES string of the molecule is CCC(=O)c1cc(Cl)cc(C(=O)OC(C)N2CCCCC2)c1O. The molecule has 0 spiro atoms. The average Bonchev–Trinajstić information content (AvgIpc) is 2.56. The van der Waals surface area contributed by atoms with Crippen molar-refractivity contribution >= 4 is 23.4 Å². The molecule has 126 valence electrons. The molecule has 0 amide bonds. The number of benzene rings is 1. The fourth-order valence-electron chi connectivity index (χ4n) is 2.73. The van der Waals surface area contributed by atoms with Crippen molar-refractivity contribution in [1.29, 1.82) is 0 Å². The lowest BCUT2D eigenvalue weighted by Gasteiger charge is -2.31. The van der Waals surface area contributed by atoms with Crippen LogP contribution >= 0.6 is 11.6 Å². The topological polar surface area (TPSA) is 66.8 Å². The maximum atomic E-state index is 12.4. The number of carbonyl (C=O) groups is 2. The Morgan fingerprint density at radius 3 is 2.48 bits per heavy atom. The zero-order chi connectivity index (χ0) is 17.0. The molecule has 1 aliphatic rings. The van der Waals surface area contributed by atoms with Crippen molar-refractivity contribution in [3.8, 4) is 5.75 Å². The van der Waals surface area contributed by atoms with E-state index in [0.29, 0.717) is 0 Å². The molecule has 5 nitrogen and oxygen atoms in total. The molecule has 23 heavy (non-hydrogen) atoms. The lowest BCUT2D eigenvalue weighted by atomic mass is 10.0. The van der Waals surface area contributed by atoms with Gasteiger partial charge in [0.15, 0.2) is 12.0 Å². The zero-order valence-electron chi connectivity index (χ0n) is 13.5. The van der Waals surface area contributed by atoms with Crippen LogP contribution < -0.4 is 0 Å². The highest BCUT2D eigenvalue weighted by Gasteiger charge is 2.24. The number of phenols is 1. The van der Waals surface area contributed by atoms with Crippen LogP contribution in [0.1, 0.15) is 60.2 Å². The number of Topliss-reactive ketones (excluding diaryl/α,β-unsaturated/α-hetero) is 1. The van der Waals surface area contributed by atoms with E-state index in [1.807, 2.05) is 6.92 Å². The van der Waals surface area contributed by atoms with Crippen LogP contribution in [0.25, 0.3) is 0 Å². The van der Waals surface area contributed by atoms with Gasteiger partial charge in [-0.05, 0) is 31.9 Å². The van der Waals surface area contributed by atoms with Gasteiger partial charge in [-0.15, -0.1) is 0 Å². The minimum Gasteiger partial charge on any atom is -0.506 e. The molecule has 0 aliphatic carbocycles. The van der Waals surface area contributed by atoms with Gasteiger partial charge in [-0.1, -0.05) is 24.9 Å². The van der Waals surface area contributed by atoms with Gasteiger partial charge in [-0.25, -0.2) is 4.79 Å². The molecule has 0 radical (unpaired) electrons. The van der Waals surface area contributed by atoms with Gasteiger partial charge in [0, 0.05) is 24.5 Å². The summed E-state index contributed by atoms with van der Waals surface area (Å²) in [7, 11) is 0. The van der Waals surface area contributed by atoms with Crippen molar-refractivity contribution in [2.24, 2.45) is 0 Å². The molecule has 1 N–H and O–H groups in total. The van der Waals surface area contributed by atoms with Gasteiger partial charge in [0.2, 0.25) is 0 Å². The third-order valence-corrected chi connectivity index (χ3v) is 4.32. The Morgan fingerprint density at radius 1 is 1.26 bits per heavy atom. The first-order chi connectivity index (χ1) is 10.9. The minimum atomic E-state index is -0.673. The highest BCUT2D eigenvalue weighted by Crippen LogP contribution is 2.29. The van der Waals surface area contributed by atoms with Crippen LogP contribution in [0.4, 0.5) is 0 Å². The van der Waals surface area contributed by atoms with E-state index in [1.54, 1.807) is 6.92 Å². The van der Waals surface area contributed by atoms with Gasteiger partial charge < -0.3 is 9.84 Å². The number of hydrogen-bond acceptors (Lipinski definition) is 5. The maximum Gasteiger partial charge on any atom is 0.343 e. The molecular weight excluding hydrogens is 318 g/mol. The van der Waals surface area contributed by atoms with Crippen molar-refractivity contribution in [3.05, 3.63) is 28.3 Å². The highest BCUT2D eigenvalue weighted by molar-refractivity contribution is 6.31. The Bertz CT molecular complexity index is 597. The first kappa shape index (κ1) is 17.8. The summed E-state index contributed by atoms with van der Waals surface area (Å²) in [5.74, 6) is -1.31. The monoisotopic (exact) mass is 339 g/mol. The summed E-state index contributed by atoms with van der Waals surface area (Å²) in [6, 6.07) is 2.70. The van der Waals surface area contributed by atoms with Gasteiger partial charge in [0.1, 0.15) is 11.3 Å². The van der Waals surface area contributed by atoms with E-state index >= 15 is 0 Å². The Kier molecular flexibility index (Phi) is 6.02. The van der Waals surface area contributed by atoms with E-state index in [-0.39, 0.29) is 40.3 Å². The third-order valence-electron chi connectivity index (χ3n) is 4.10. The average molecular weight is 340 g/mol. The van der Waals surface area contributed by atoms with Crippen LogP contribution in [-0.2, 0) is 4.74 Å². The molecule has 1 heterocycles. The molecular formula is C17H22ClNO4. The molecule has 0 saturated carbocycles. The number of ketones is 1. The number of halogens is 1. The van der Waals surface area contributed by atoms with E-state index < -0.39 is 5.97 Å². The van der Waals surface area contributed by atoms with Crippen molar-refractivity contribution < 1.29 is 19.4 Å². The van der Waals surface area contributed by atoms with Crippen LogP contribution in [-0.4, -0.2) is 41.1 Å².